The Morgan fingerprint density at radius 1 is 0.816 bits per heavy atom. The number of carbonyl (C=O) groups is 1. The molecule has 38 heavy (non-hydrogen) atoms. The Bertz CT molecular complexity index is 1500. The molecule has 1 heterocycles. The molecule has 7 nitrogen and oxygen atoms in total. The van der Waals surface area contributed by atoms with Gasteiger partial charge in [0.15, 0.2) is 0 Å². The Balaban J connectivity index is 1.53. The van der Waals surface area contributed by atoms with Crippen molar-refractivity contribution in [3.8, 4) is 16.9 Å². The molecule has 0 spiro atoms. The zero-order valence-electron chi connectivity index (χ0n) is 20.4. The maximum absolute atomic E-state index is 12.9. The molecule has 5 rings (SSSR count). The van der Waals surface area contributed by atoms with Crippen LogP contribution in [0.3, 0.4) is 0 Å². The van der Waals surface area contributed by atoms with Gasteiger partial charge in [-0.25, -0.2) is 0 Å². The number of aliphatic hydroxyl groups excluding tert-OH is 1. The molecule has 4 aromatic rings. The van der Waals surface area contributed by atoms with Gasteiger partial charge in [-0.05, 0) is 41.7 Å². The summed E-state index contributed by atoms with van der Waals surface area (Å²) in [5.41, 5.74) is 1.83. The van der Waals surface area contributed by atoms with E-state index in [-0.39, 0.29) is 28.1 Å². The van der Waals surface area contributed by atoms with Crippen LogP contribution in [0, 0.1) is 5.92 Å². The van der Waals surface area contributed by atoms with Crippen molar-refractivity contribution in [1.29, 1.82) is 0 Å². The molecule has 1 fully saturated rings. The normalized spacial score (nSPS) is 19.9. The van der Waals surface area contributed by atoms with Crippen molar-refractivity contribution in [2.45, 2.75) is 24.5 Å². The van der Waals surface area contributed by atoms with Crippen molar-refractivity contribution in [3.63, 3.8) is 0 Å². The molecule has 1 amide bonds. The third-order valence-electron chi connectivity index (χ3n) is 7.26. The first kappa shape index (κ1) is 25.9. The number of nitrogens with one attached hydrogen (secondary N) is 1. The summed E-state index contributed by atoms with van der Waals surface area (Å²) >= 11 is 0. The van der Waals surface area contributed by atoms with Crippen LogP contribution in [0.5, 0.6) is 5.75 Å². The quantitative estimate of drug-likeness (QED) is 0.171. The fraction of sp³-hybridized carbons (Fsp3) is 0.167. The maximum atomic E-state index is 12.9. The number of benzene rings is 4. The van der Waals surface area contributed by atoms with Gasteiger partial charge in [-0.3, -0.25) is 9.36 Å². The fourth-order valence-electron chi connectivity index (χ4n) is 5.38. The summed E-state index contributed by atoms with van der Waals surface area (Å²) in [6.07, 6.45) is 0.0505. The van der Waals surface area contributed by atoms with Crippen molar-refractivity contribution >= 4 is 18.8 Å². The van der Waals surface area contributed by atoms with E-state index in [1.807, 2.05) is 60.7 Å². The van der Waals surface area contributed by atoms with Gasteiger partial charge in [-0.15, -0.1) is 0 Å². The molecule has 0 aliphatic carbocycles. The molecule has 0 saturated carbocycles. The van der Waals surface area contributed by atoms with Gasteiger partial charge in [0.2, 0.25) is 5.91 Å². The minimum Gasteiger partial charge on any atom is -0.507 e. The lowest BCUT2D eigenvalue weighted by Gasteiger charge is -2.50. The van der Waals surface area contributed by atoms with Crippen molar-refractivity contribution in [2.75, 3.05) is 0 Å². The van der Waals surface area contributed by atoms with Gasteiger partial charge in [0.25, 0.3) is 0 Å². The fourth-order valence-corrected chi connectivity index (χ4v) is 6.17. The highest BCUT2D eigenvalue weighted by Crippen LogP contribution is 2.48. The smallest absolute Gasteiger partial charge is 0.356 e. The number of hydrogen-bond acceptors (Lipinski definition) is 4. The molecular formula is C30H28NO6P. The molecular weight excluding hydrogens is 501 g/mol. The van der Waals surface area contributed by atoms with Crippen LogP contribution in [0.4, 0.5) is 0 Å². The van der Waals surface area contributed by atoms with E-state index < -0.39 is 25.2 Å². The lowest BCUT2D eigenvalue weighted by atomic mass is 9.64. The van der Waals surface area contributed by atoms with E-state index in [4.69, 9.17) is 0 Å². The number of amides is 1. The van der Waals surface area contributed by atoms with Crippen LogP contribution in [-0.2, 0) is 14.9 Å². The van der Waals surface area contributed by atoms with Gasteiger partial charge in [-0.1, -0.05) is 91.0 Å². The number of rotatable bonds is 8. The van der Waals surface area contributed by atoms with Gasteiger partial charge >= 0.3 is 7.60 Å². The van der Waals surface area contributed by atoms with Crippen LogP contribution < -0.4 is 10.6 Å². The summed E-state index contributed by atoms with van der Waals surface area (Å²) in [4.78, 5) is 32.6. The first-order valence-electron chi connectivity index (χ1n) is 12.3. The average molecular weight is 530 g/mol. The summed E-state index contributed by atoms with van der Waals surface area (Å²) in [5, 5.41) is 24.7. The molecule has 5 N–H and O–H groups in total. The van der Waals surface area contributed by atoms with Gasteiger partial charge in [0, 0.05) is 11.1 Å². The van der Waals surface area contributed by atoms with Gasteiger partial charge in [-0.2, -0.15) is 0 Å². The van der Waals surface area contributed by atoms with E-state index in [9.17, 15) is 29.4 Å². The second-order valence-corrected chi connectivity index (χ2v) is 11.1. The Hall–Kier alpha value is -3.74. The first-order chi connectivity index (χ1) is 18.2. The largest absolute Gasteiger partial charge is 0.507 e. The van der Waals surface area contributed by atoms with Gasteiger partial charge in [0.1, 0.15) is 11.3 Å². The number of aromatic hydroxyl groups is 1. The van der Waals surface area contributed by atoms with Crippen molar-refractivity contribution in [2.24, 2.45) is 5.92 Å². The highest BCUT2D eigenvalue weighted by atomic mass is 31.2. The Morgan fingerprint density at radius 3 is 2.08 bits per heavy atom. The molecule has 3 atom stereocenters. The molecule has 0 unspecified atom stereocenters. The highest BCUT2D eigenvalue weighted by Gasteiger charge is 2.55. The maximum Gasteiger partial charge on any atom is 0.356 e. The summed E-state index contributed by atoms with van der Waals surface area (Å²) in [6.45, 7) is 0. The lowest BCUT2D eigenvalue weighted by Crippen LogP contribution is -2.67. The van der Waals surface area contributed by atoms with E-state index in [2.05, 4.69) is 5.32 Å². The lowest BCUT2D eigenvalue weighted by molar-refractivity contribution is -0.140. The van der Waals surface area contributed by atoms with E-state index in [0.717, 1.165) is 11.1 Å². The van der Waals surface area contributed by atoms with Crippen LogP contribution in [0.2, 0.25) is 0 Å². The van der Waals surface area contributed by atoms with Crippen LogP contribution in [-0.4, -0.2) is 25.9 Å². The predicted octanol–water partition coefficient (Wildman–Crippen LogP) is 4.37. The number of hydrogen-bond donors (Lipinski definition) is 5. The molecule has 0 radical (unpaired) electrons. The first-order valence-corrected chi connectivity index (χ1v) is 13.9. The van der Waals surface area contributed by atoms with Crippen molar-refractivity contribution in [1.82, 2.24) is 5.32 Å². The average Bonchev–Trinajstić information content (AvgIpc) is 2.92. The Morgan fingerprint density at radius 2 is 1.45 bits per heavy atom. The van der Waals surface area contributed by atoms with Crippen LogP contribution in [0.25, 0.3) is 11.1 Å². The standard InChI is InChI=1S/C30H28NO6P/c32-26(20-9-3-1-4-10-20)18-17-25-29(34)31-30(25,21-11-5-2-6-12-21)22-15-16-23(27(33)19-22)24-13-7-8-14-28(24)38(35,36)37/h1-16,19,25-26,32-33H,17-18H2,(H,31,34)(H2,35,36,37)/t25-,26-,30-/m0/s1. The van der Waals surface area contributed by atoms with Crippen LogP contribution in [0.15, 0.2) is 103 Å². The minimum absolute atomic E-state index is 0.149. The highest BCUT2D eigenvalue weighted by molar-refractivity contribution is 7.60. The van der Waals surface area contributed by atoms with Gasteiger partial charge in [0.05, 0.1) is 17.3 Å². The van der Waals surface area contributed by atoms with E-state index in [1.54, 1.807) is 30.3 Å². The molecule has 0 bridgehead atoms. The molecule has 1 saturated heterocycles. The molecule has 1 aliphatic rings. The zero-order valence-corrected chi connectivity index (χ0v) is 21.3. The van der Waals surface area contributed by atoms with Crippen LogP contribution in [0.1, 0.15) is 35.6 Å². The summed E-state index contributed by atoms with van der Waals surface area (Å²) in [5.74, 6) is -0.816. The second kappa shape index (κ2) is 10.2. The van der Waals surface area contributed by atoms with Crippen molar-refractivity contribution < 1.29 is 29.4 Å². The van der Waals surface area contributed by atoms with Crippen LogP contribution >= 0.6 is 7.60 Å². The van der Waals surface area contributed by atoms with E-state index in [0.29, 0.717) is 18.4 Å². The zero-order chi connectivity index (χ0) is 26.9. The topological polar surface area (TPSA) is 127 Å². The number of aliphatic hydroxyl groups is 1. The Kier molecular flexibility index (Phi) is 6.95. The molecule has 4 aromatic carbocycles. The summed E-state index contributed by atoms with van der Waals surface area (Å²) < 4.78 is 12.1. The third kappa shape index (κ3) is 4.66. The summed E-state index contributed by atoms with van der Waals surface area (Å²) in [7, 11) is -4.58. The van der Waals surface area contributed by atoms with E-state index in [1.165, 1.54) is 12.1 Å². The van der Waals surface area contributed by atoms with E-state index >= 15 is 0 Å². The predicted molar refractivity (Wildman–Crippen MR) is 145 cm³/mol. The number of phenols is 1. The molecule has 0 aromatic heterocycles. The Labute approximate surface area is 220 Å². The number of carbonyl (C=O) groups excluding carboxylic acids is 1. The van der Waals surface area contributed by atoms with Crippen molar-refractivity contribution in [3.05, 3.63) is 120 Å². The minimum atomic E-state index is -4.58. The second-order valence-electron chi connectivity index (χ2n) is 9.51. The molecule has 194 valence electrons. The monoisotopic (exact) mass is 529 g/mol. The van der Waals surface area contributed by atoms with Gasteiger partial charge < -0.3 is 25.3 Å². The molecule has 8 heteroatoms. The SMILES string of the molecule is O=C1N[C@@](c2ccccc2)(c2ccc(-c3ccccc3P(=O)(O)O)c(O)c2)[C@H]1CC[C@H](O)c1ccccc1. The summed E-state index contributed by atoms with van der Waals surface area (Å²) in [6, 6.07) is 29.7. The molecule has 1 aliphatic heterocycles. The number of phenolic OH excluding ortho intramolecular Hbond substituents is 1. The number of β-lactam (4-membered cyclic amide) rings is 1. The third-order valence-corrected chi connectivity index (χ3v) is 8.28.